The molecule has 1 N–H and O–H groups in total. The predicted octanol–water partition coefficient (Wildman–Crippen LogP) is 3.92. The van der Waals surface area contributed by atoms with Crippen molar-refractivity contribution in [3.63, 3.8) is 0 Å². The van der Waals surface area contributed by atoms with Crippen molar-refractivity contribution in [2.24, 2.45) is 0 Å². The summed E-state index contributed by atoms with van der Waals surface area (Å²) in [5.41, 5.74) is 3.58. The second-order valence-corrected chi connectivity index (χ2v) is 6.30. The van der Waals surface area contributed by atoms with Crippen LogP contribution in [0.5, 0.6) is 0 Å². The van der Waals surface area contributed by atoms with Crippen molar-refractivity contribution in [3.05, 3.63) is 53.5 Å². The first-order valence-electron chi connectivity index (χ1n) is 8.40. The number of rotatable bonds is 5. The van der Waals surface area contributed by atoms with E-state index in [2.05, 4.69) is 29.1 Å². The molecule has 0 aliphatic rings. The lowest BCUT2D eigenvalue weighted by Gasteiger charge is -2.24. The first-order chi connectivity index (χ1) is 11.5. The first kappa shape index (κ1) is 16.3. The average Bonchev–Trinajstić information content (AvgIpc) is 3.16. The number of carbonyl (C=O) groups is 1. The second kappa shape index (κ2) is 6.51. The Morgan fingerprint density at radius 3 is 2.83 bits per heavy atom. The van der Waals surface area contributed by atoms with Gasteiger partial charge in [0.05, 0.1) is 17.3 Å². The Morgan fingerprint density at radius 1 is 1.38 bits per heavy atom. The van der Waals surface area contributed by atoms with Gasteiger partial charge >= 0.3 is 0 Å². The lowest BCUT2D eigenvalue weighted by molar-refractivity contribution is 0.0739. The molecule has 0 radical (unpaired) electrons. The number of carbonyl (C=O) groups excluding carboxylic acids is 1. The summed E-state index contributed by atoms with van der Waals surface area (Å²) >= 11 is 0. The summed E-state index contributed by atoms with van der Waals surface area (Å²) in [6, 6.07) is 10.2. The van der Waals surface area contributed by atoms with Gasteiger partial charge in [0, 0.05) is 31.0 Å². The van der Waals surface area contributed by atoms with Crippen molar-refractivity contribution >= 4 is 16.8 Å². The van der Waals surface area contributed by atoms with Crippen LogP contribution >= 0.6 is 0 Å². The minimum absolute atomic E-state index is 0.000934. The Bertz CT molecular complexity index is 828. The number of amides is 1. The molecule has 1 atom stereocenters. The molecule has 0 bridgehead atoms. The van der Waals surface area contributed by atoms with E-state index in [1.54, 1.807) is 4.90 Å². The fourth-order valence-corrected chi connectivity index (χ4v) is 2.97. The highest BCUT2D eigenvalue weighted by Gasteiger charge is 2.23. The number of hydrogen-bond donors (Lipinski definition) is 1. The number of fused-ring (bicyclic) bond motifs is 1. The summed E-state index contributed by atoms with van der Waals surface area (Å²) in [6.07, 6.45) is 2.85. The van der Waals surface area contributed by atoms with Crippen molar-refractivity contribution in [3.8, 4) is 0 Å². The standard InChI is InChI=1S/C19H24N4O/c1-5-10-23-12-16(13(2)21-23)19(24)22(4)14(3)18-11-15-8-6-7-9-17(15)20-18/h6-9,11-12,14,20H,5,10H2,1-4H3/t14-/m0/s1. The van der Waals surface area contributed by atoms with Crippen LogP contribution in [0.25, 0.3) is 10.9 Å². The van der Waals surface area contributed by atoms with E-state index < -0.39 is 0 Å². The molecule has 2 aromatic heterocycles. The van der Waals surface area contributed by atoms with Gasteiger partial charge in [-0.2, -0.15) is 5.10 Å². The van der Waals surface area contributed by atoms with Gasteiger partial charge in [0.1, 0.15) is 0 Å². The average molecular weight is 324 g/mol. The number of aromatic nitrogens is 3. The Labute approximate surface area is 142 Å². The van der Waals surface area contributed by atoms with Crippen molar-refractivity contribution in [2.45, 2.75) is 39.8 Å². The van der Waals surface area contributed by atoms with Crippen LogP contribution in [-0.4, -0.2) is 32.6 Å². The van der Waals surface area contributed by atoms with Gasteiger partial charge in [-0.3, -0.25) is 9.48 Å². The number of H-pyrrole nitrogens is 1. The van der Waals surface area contributed by atoms with Gasteiger partial charge in [0.2, 0.25) is 0 Å². The van der Waals surface area contributed by atoms with Crippen molar-refractivity contribution in [1.82, 2.24) is 19.7 Å². The molecule has 24 heavy (non-hydrogen) atoms. The van der Waals surface area contributed by atoms with Gasteiger partial charge in [-0.05, 0) is 37.8 Å². The van der Waals surface area contributed by atoms with E-state index in [1.807, 2.05) is 50.0 Å². The maximum absolute atomic E-state index is 12.9. The predicted molar refractivity (Wildman–Crippen MR) is 96.1 cm³/mol. The normalized spacial score (nSPS) is 12.5. The molecule has 5 heteroatoms. The number of hydrogen-bond acceptors (Lipinski definition) is 2. The summed E-state index contributed by atoms with van der Waals surface area (Å²) in [7, 11) is 1.84. The van der Waals surface area contributed by atoms with Crippen LogP contribution in [0, 0.1) is 6.92 Å². The Kier molecular flexibility index (Phi) is 4.42. The molecule has 1 aromatic carbocycles. The zero-order valence-electron chi connectivity index (χ0n) is 14.7. The van der Waals surface area contributed by atoms with Crippen LogP contribution in [0.4, 0.5) is 0 Å². The smallest absolute Gasteiger partial charge is 0.257 e. The summed E-state index contributed by atoms with van der Waals surface area (Å²) in [5.74, 6) is 0.000934. The van der Waals surface area contributed by atoms with Gasteiger partial charge in [-0.25, -0.2) is 0 Å². The highest BCUT2D eigenvalue weighted by molar-refractivity contribution is 5.95. The molecule has 0 aliphatic carbocycles. The molecular formula is C19H24N4O. The van der Waals surface area contributed by atoms with Gasteiger partial charge in [0.25, 0.3) is 5.91 Å². The van der Waals surface area contributed by atoms with Gasteiger partial charge in [0.15, 0.2) is 0 Å². The van der Waals surface area contributed by atoms with E-state index in [9.17, 15) is 4.79 Å². The summed E-state index contributed by atoms with van der Waals surface area (Å²) in [6.45, 7) is 6.85. The molecule has 126 valence electrons. The van der Waals surface area contributed by atoms with Gasteiger partial charge < -0.3 is 9.88 Å². The van der Waals surface area contributed by atoms with Gasteiger partial charge in [-0.1, -0.05) is 25.1 Å². The molecule has 0 saturated carbocycles. The first-order valence-corrected chi connectivity index (χ1v) is 8.40. The third kappa shape index (κ3) is 2.94. The zero-order chi connectivity index (χ0) is 17.3. The minimum atomic E-state index is -0.0428. The molecule has 0 aliphatic heterocycles. The Hall–Kier alpha value is -2.56. The summed E-state index contributed by atoms with van der Waals surface area (Å²) in [5, 5.41) is 5.59. The van der Waals surface area contributed by atoms with E-state index in [0.717, 1.165) is 35.3 Å². The fraction of sp³-hybridized carbons (Fsp3) is 0.368. The van der Waals surface area contributed by atoms with E-state index in [0.29, 0.717) is 5.56 Å². The zero-order valence-corrected chi connectivity index (χ0v) is 14.7. The van der Waals surface area contributed by atoms with E-state index >= 15 is 0 Å². The van der Waals surface area contributed by atoms with Crippen LogP contribution in [0.1, 0.15) is 48.1 Å². The van der Waals surface area contributed by atoms with Crippen LogP contribution < -0.4 is 0 Å². The number of benzene rings is 1. The summed E-state index contributed by atoms with van der Waals surface area (Å²) in [4.78, 5) is 18.0. The number of nitrogens with one attached hydrogen (secondary N) is 1. The highest BCUT2D eigenvalue weighted by atomic mass is 16.2. The van der Waals surface area contributed by atoms with Crippen LogP contribution in [0.3, 0.4) is 0 Å². The van der Waals surface area contributed by atoms with Crippen molar-refractivity contribution in [2.75, 3.05) is 7.05 Å². The van der Waals surface area contributed by atoms with Crippen LogP contribution in [-0.2, 0) is 6.54 Å². The monoisotopic (exact) mass is 324 g/mol. The van der Waals surface area contributed by atoms with Crippen LogP contribution in [0.2, 0.25) is 0 Å². The Balaban J connectivity index is 1.84. The molecule has 0 spiro atoms. The Morgan fingerprint density at radius 2 is 2.12 bits per heavy atom. The maximum Gasteiger partial charge on any atom is 0.257 e. The molecule has 2 heterocycles. The largest absolute Gasteiger partial charge is 0.357 e. The third-order valence-electron chi connectivity index (χ3n) is 4.53. The lowest BCUT2D eigenvalue weighted by Crippen LogP contribution is -2.30. The van der Waals surface area contributed by atoms with E-state index in [1.165, 1.54) is 0 Å². The number of aryl methyl sites for hydroxylation is 2. The quantitative estimate of drug-likeness (QED) is 0.773. The lowest BCUT2D eigenvalue weighted by atomic mass is 10.1. The molecule has 0 fully saturated rings. The van der Waals surface area contributed by atoms with E-state index in [-0.39, 0.29) is 11.9 Å². The minimum Gasteiger partial charge on any atom is -0.357 e. The van der Waals surface area contributed by atoms with Crippen LogP contribution in [0.15, 0.2) is 36.5 Å². The molecule has 0 unspecified atom stereocenters. The molecular weight excluding hydrogens is 300 g/mol. The molecule has 5 nitrogen and oxygen atoms in total. The maximum atomic E-state index is 12.9. The second-order valence-electron chi connectivity index (χ2n) is 6.30. The topological polar surface area (TPSA) is 53.9 Å². The highest BCUT2D eigenvalue weighted by Crippen LogP contribution is 2.24. The number of aromatic amines is 1. The molecule has 3 rings (SSSR count). The fourth-order valence-electron chi connectivity index (χ4n) is 2.97. The summed E-state index contributed by atoms with van der Waals surface area (Å²) < 4.78 is 1.85. The van der Waals surface area contributed by atoms with Crippen molar-refractivity contribution in [1.29, 1.82) is 0 Å². The van der Waals surface area contributed by atoms with Crippen molar-refractivity contribution < 1.29 is 4.79 Å². The SMILES string of the molecule is CCCn1cc(C(=O)N(C)[C@@H](C)c2cc3ccccc3[nH]2)c(C)n1. The number of nitrogens with zero attached hydrogens (tertiary/aromatic N) is 3. The molecule has 0 saturated heterocycles. The third-order valence-corrected chi connectivity index (χ3v) is 4.53. The van der Waals surface area contributed by atoms with Gasteiger partial charge in [-0.15, -0.1) is 0 Å². The molecule has 1 amide bonds. The van der Waals surface area contributed by atoms with E-state index in [4.69, 9.17) is 0 Å². The molecule has 3 aromatic rings. The number of para-hydroxylation sites is 1.